The molecule has 1 amide bonds. The van der Waals surface area contributed by atoms with Gasteiger partial charge in [-0.2, -0.15) is 0 Å². The van der Waals surface area contributed by atoms with Gasteiger partial charge in [0.15, 0.2) is 6.10 Å². The zero-order chi connectivity index (χ0) is 16.7. The fourth-order valence-electron chi connectivity index (χ4n) is 2.28. The summed E-state index contributed by atoms with van der Waals surface area (Å²) >= 11 is 0. The Morgan fingerprint density at radius 1 is 1.35 bits per heavy atom. The van der Waals surface area contributed by atoms with Crippen LogP contribution >= 0.6 is 0 Å². The molecule has 0 aromatic heterocycles. The highest BCUT2D eigenvalue weighted by Gasteiger charge is 2.30. The average molecular weight is 323 g/mol. The first-order valence-corrected chi connectivity index (χ1v) is 7.56. The van der Waals surface area contributed by atoms with Gasteiger partial charge >= 0.3 is 5.97 Å². The molecular formula is C16H21NO6. The second-order valence-electron chi connectivity index (χ2n) is 4.99. The summed E-state index contributed by atoms with van der Waals surface area (Å²) in [5.74, 6) is -0.856. The first kappa shape index (κ1) is 17.2. The highest BCUT2D eigenvalue weighted by atomic mass is 16.5. The van der Waals surface area contributed by atoms with Crippen LogP contribution in [0.1, 0.15) is 17.3 Å². The van der Waals surface area contributed by atoms with Gasteiger partial charge in [-0.1, -0.05) is 12.1 Å². The largest absolute Gasteiger partial charge is 0.490 e. The molecule has 1 aliphatic heterocycles. The first-order chi connectivity index (χ1) is 11.1. The minimum absolute atomic E-state index is 0.0292. The molecule has 7 nitrogen and oxygen atoms in total. The fourth-order valence-corrected chi connectivity index (χ4v) is 2.28. The molecule has 0 radical (unpaired) electrons. The lowest BCUT2D eigenvalue weighted by Gasteiger charge is -2.31. The fraction of sp³-hybridized carbons (Fsp3) is 0.500. The lowest BCUT2D eigenvalue weighted by molar-refractivity contribution is -0.154. The summed E-state index contributed by atoms with van der Waals surface area (Å²) in [5.41, 5.74) is 0.412. The molecule has 1 aliphatic rings. The topological polar surface area (TPSA) is 85.3 Å². The average Bonchev–Trinajstić information content (AvgIpc) is 2.58. The molecular weight excluding hydrogens is 302 g/mol. The Morgan fingerprint density at radius 2 is 2.13 bits per heavy atom. The van der Waals surface area contributed by atoms with E-state index < -0.39 is 12.1 Å². The number of ether oxygens (including phenoxy) is 3. The molecule has 1 aromatic carbocycles. The van der Waals surface area contributed by atoms with Crippen LogP contribution in [0.25, 0.3) is 0 Å². The number of benzene rings is 1. The van der Waals surface area contributed by atoms with E-state index in [0.717, 1.165) is 0 Å². The van der Waals surface area contributed by atoms with Gasteiger partial charge in [-0.15, -0.1) is 0 Å². The zero-order valence-electron chi connectivity index (χ0n) is 13.1. The predicted molar refractivity (Wildman–Crippen MR) is 81.7 cm³/mol. The number of hydrogen-bond acceptors (Lipinski definition) is 5. The number of carbonyl (C=O) groups is 2. The third kappa shape index (κ3) is 4.67. The maximum Gasteiger partial charge on any atom is 0.334 e. The summed E-state index contributed by atoms with van der Waals surface area (Å²) in [6.45, 7) is 3.88. The van der Waals surface area contributed by atoms with E-state index in [1.165, 1.54) is 4.90 Å². The SMILES string of the molecule is CCOCCOc1ccccc1C(=O)N1CCOC(C(=O)O)C1. The van der Waals surface area contributed by atoms with Gasteiger partial charge in [-0.05, 0) is 19.1 Å². The molecule has 126 valence electrons. The van der Waals surface area contributed by atoms with E-state index in [0.29, 0.717) is 37.7 Å². The van der Waals surface area contributed by atoms with Crippen LogP contribution in [0.4, 0.5) is 0 Å². The molecule has 0 aliphatic carbocycles. The van der Waals surface area contributed by atoms with E-state index in [2.05, 4.69) is 0 Å². The number of carbonyl (C=O) groups excluding carboxylic acids is 1. The van der Waals surface area contributed by atoms with Crippen molar-refractivity contribution in [2.45, 2.75) is 13.0 Å². The van der Waals surface area contributed by atoms with Gasteiger partial charge in [-0.3, -0.25) is 4.79 Å². The van der Waals surface area contributed by atoms with Crippen molar-refractivity contribution in [1.82, 2.24) is 4.90 Å². The molecule has 7 heteroatoms. The Hall–Kier alpha value is -2.12. The molecule has 0 saturated carbocycles. The van der Waals surface area contributed by atoms with Crippen molar-refractivity contribution in [3.63, 3.8) is 0 Å². The van der Waals surface area contributed by atoms with Crippen LogP contribution in [-0.2, 0) is 14.3 Å². The monoisotopic (exact) mass is 323 g/mol. The van der Waals surface area contributed by atoms with Crippen LogP contribution < -0.4 is 4.74 Å². The molecule has 0 spiro atoms. The highest BCUT2D eigenvalue weighted by molar-refractivity contribution is 5.97. The number of para-hydroxylation sites is 1. The molecule has 23 heavy (non-hydrogen) atoms. The van der Waals surface area contributed by atoms with Crippen molar-refractivity contribution in [3.8, 4) is 5.75 Å². The summed E-state index contributed by atoms with van der Waals surface area (Å²) in [6.07, 6.45) is -0.987. The van der Waals surface area contributed by atoms with Crippen LogP contribution in [0.5, 0.6) is 5.75 Å². The lowest BCUT2D eigenvalue weighted by atomic mass is 10.1. The van der Waals surface area contributed by atoms with Gasteiger partial charge in [0, 0.05) is 13.2 Å². The minimum atomic E-state index is -1.07. The molecule has 0 bridgehead atoms. The predicted octanol–water partition coefficient (Wildman–Crippen LogP) is 1.03. The number of carboxylic acid groups (broad SMARTS) is 1. The van der Waals surface area contributed by atoms with Crippen LogP contribution in [0, 0.1) is 0 Å². The Kier molecular flexibility index (Phi) is 6.37. The van der Waals surface area contributed by atoms with Crippen molar-refractivity contribution in [2.75, 3.05) is 39.5 Å². The number of nitrogens with zero attached hydrogens (tertiary/aromatic N) is 1. The number of aliphatic carboxylic acids is 1. The van der Waals surface area contributed by atoms with Crippen LogP contribution in [0.15, 0.2) is 24.3 Å². The second-order valence-corrected chi connectivity index (χ2v) is 4.99. The van der Waals surface area contributed by atoms with E-state index in [-0.39, 0.29) is 19.1 Å². The summed E-state index contributed by atoms with van der Waals surface area (Å²) in [5, 5.41) is 9.03. The Bertz CT molecular complexity index is 547. The molecule has 1 N–H and O–H groups in total. The molecule has 1 unspecified atom stereocenters. The number of hydrogen-bond donors (Lipinski definition) is 1. The second kappa shape index (κ2) is 8.50. The van der Waals surface area contributed by atoms with Gasteiger partial charge in [0.2, 0.25) is 0 Å². The maximum atomic E-state index is 12.6. The molecule has 1 saturated heterocycles. The zero-order valence-corrected chi connectivity index (χ0v) is 13.1. The van der Waals surface area contributed by atoms with Gasteiger partial charge in [0.05, 0.1) is 25.3 Å². The summed E-state index contributed by atoms with van der Waals surface area (Å²) in [6, 6.07) is 6.92. The Morgan fingerprint density at radius 3 is 2.87 bits per heavy atom. The maximum absolute atomic E-state index is 12.6. The quantitative estimate of drug-likeness (QED) is 0.754. The van der Waals surface area contributed by atoms with Gasteiger partial charge in [0.25, 0.3) is 5.91 Å². The smallest absolute Gasteiger partial charge is 0.334 e. The van der Waals surface area contributed by atoms with Crippen molar-refractivity contribution >= 4 is 11.9 Å². The number of morpholine rings is 1. The van der Waals surface area contributed by atoms with Gasteiger partial charge in [-0.25, -0.2) is 4.79 Å². The van der Waals surface area contributed by atoms with E-state index in [1.807, 2.05) is 6.92 Å². The first-order valence-electron chi connectivity index (χ1n) is 7.56. The van der Waals surface area contributed by atoms with E-state index >= 15 is 0 Å². The number of carboxylic acids is 1. The summed E-state index contributed by atoms with van der Waals surface area (Å²) in [4.78, 5) is 25.2. The molecule has 1 fully saturated rings. The van der Waals surface area contributed by atoms with Crippen molar-refractivity contribution < 1.29 is 28.9 Å². The van der Waals surface area contributed by atoms with Crippen molar-refractivity contribution in [1.29, 1.82) is 0 Å². The van der Waals surface area contributed by atoms with Crippen molar-refractivity contribution in [3.05, 3.63) is 29.8 Å². The van der Waals surface area contributed by atoms with E-state index in [1.54, 1.807) is 24.3 Å². The standard InChI is InChI=1S/C16H21NO6/c1-2-21-9-10-23-13-6-4-3-5-12(13)15(18)17-7-8-22-14(11-17)16(19)20/h3-6,14H,2,7-11H2,1H3,(H,19,20). The molecule has 2 rings (SSSR count). The Labute approximate surface area is 134 Å². The van der Waals surface area contributed by atoms with E-state index in [4.69, 9.17) is 19.3 Å². The van der Waals surface area contributed by atoms with Crippen LogP contribution in [0.2, 0.25) is 0 Å². The normalized spacial score (nSPS) is 17.8. The van der Waals surface area contributed by atoms with Crippen LogP contribution in [-0.4, -0.2) is 67.5 Å². The minimum Gasteiger partial charge on any atom is -0.490 e. The lowest BCUT2D eigenvalue weighted by Crippen LogP contribution is -2.48. The van der Waals surface area contributed by atoms with Crippen molar-refractivity contribution in [2.24, 2.45) is 0 Å². The number of amides is 1. The molecule has 1 atom stereocenters. The molecule has 1 heterocycles. The molecule has 1 aromatic rings. The van der Waals surface area contributed by atoms with Crippen LogP contribution in [0.3, 0.4) is 0 Å². The van der Waals surface area contributed by atoms with E-state index in [9.17, 15) is 9.59 Å². The highest BCUT2D eigenvalue weighted by Crippen LogP contribution is 2.21. The number of rotatable bonds is 7. The third-order valence-corrected chi connectivity index (χ3v) is 3.44. The van der Waals surface area contributed by atoms with Gasteiger partial charge in [0.1, 0.15) is 12.4 Å². The summed E-state index contributed by atoms with van der Waals surface area (Å²) < 4.78 is 16.0. The third-order valence-electron chi connectivity index (χ3n) is 3.44. The Balaban J connectivity index is 2.05. The van der Waals surface area contributed by atoms with Gasteiger partial charge < -0.3 is 24.2 Å². The summed E-state index contributed by atoms with van der Waals surface area (Å²) in [7, 11) is 0.